The Labute approximate surface area is 149 Å². The molecule has 0 aliphatic rings. The topological polar surface area (TPSA) is 112 Å². The molecule has 8 nitrogen and oxygen atoms in total. The quantitative estimate of drug-likeness (QED) is 0.736. The normalized spacial score (nSPS) is 11.5. The van der Waals surface area contributed by atoms with Crippen molar-refractivity contribution in [1.82, 2.24) is 14.3 Å². The second-order valence-corrected chi connectivity index (χ2v) is 7.34. The molecule has 0 unspecified atom stereocenters. The van der Waals surface area contributed by atoms with Gasteiger partial charge in [0, 0.05) is 24.8 Å². The van der Waals surface area contributed by atoms with Crippen molar-refractivity contribution in [3.8, 4) is 0 Å². The summed E-state index contributed by atoms with van der Waals surface area (Å²) in [6, 6.07) is 7.05. The average molecular weight is 385 g/mol. The zero-order chi connectivity index (χ0) is 18.6. The van der Waals surface area contributed by atoms with Gasteiger partial charge in [-0.1, -0.05) is 31.5 Å². The van der Waals surface area contributed by atoms with E-state index in [0.29, 0.717) is 13.1 Å². The summed E-state index contributed by atoms with van der Waals surface area (Å²) >= 11 is 5.69. The van der Waals surface area contributed by atoms with Crippen LogP contribution in [0, 0.1) is 0 Å². The van der Waals surface area contributed by atoms with Gasteiger partial charge < -0.3 is 5.32 Å². The smallest absolute Gasteiger partial charge is 0.321 e. The fourth-order valence-corrected chi connectivity index (χ4v) is 3.87. The molecule has 2 aromatic rings. The molecular weight excluding hydrogens is 368 g/mol. The van der Waals surface area contributed by atoms with Gasteiger partial charge in [0.15, 0.2) is 0 Å². The number of rotatable bonds is 6. The van der Waals surface area contributed by atoms with E-state index < -0.39 is 21.6 Å². The first kappa shape index (κ1) is 19.1. The summed E-state index contributed by atoms with van der Waals surface area (Å²) in [6.07, 6.45) is 0. The minimum Gasteiger partial charge on any atom is -0.321 e. The Hall–Kier alpha value is -2.23. The van der Waals surface area contributed by atoms with Crippen LogP contribution in [-0.4, -0.2) is 41.7 Å². The third-order valence-electron chi connectivity index (χ3n) is 3.38. The van der Waals surface area contributed by atoms with Crippen molar-refractivity contribution in [3.05, 3.63) is 51.7 Å². The zero-order valence-electron chi connectivity index (χ0n) is 13.6. The van der Waals surface area contributed by atoms with Crippen LogP contribution in [-0.2, 0) is 10.0 Å². The van der Waals surface area contributed by atoms with Gasteiger partial charge in [0.2, 0.25) is 10.0 Å². The molecule has 1 amide bonds. The van der Waals surface area contributed by atoms with Crippen molar-refractivity contribution in [3.63, 3.8) is 0 Å². The number of carbonyl (C=O) groups excluding carboxylic acids is 1. The van der Waals surface area contributed by atoms with Crippen LogP contribution in [0.25, 0.3) is 0 Å². The average Bonchev–Trinajstić information content (AvgIpc) is 2.55. The summed E-state index contributed by atoms with van der Waals surface area (Å²) in [5.41, 5.74) is -0.669. The lowest BCUT2D eigenvalue weighted by atomic mass is 10.3. The molecule has 10 heteroatoms. The van der Waals surface area contributed by atoms with Gasteiger partial charge in [-0.05, 0) is 18.2 Å². The van der Waals surface area contributed by atoms with Crippen molar-refractivity contribution < 1.29 is 13.2 Å². The Morgan fingerprint density at radius 2 is 1.96 bits per heavy atom. The monoisotopic (exact) mass is 384 g/mol. The Bertz CT molecular complexity index is 939. The van der Waals surface area contributed by atoms with Crippen LogP contribution in [0.5, 0.6) is 0 Å². The van der Waals surface area contributed by atoms with E-state index >= 15 is 0 Å². The molecule has 1 heterocycles. The van der Waals surface area contributed by atoms with Gasteiger partial charge in [-0.25, -0.2) is 13.2 Å². The molecule has 2 N–H and O–H groups in total. The van der Waals surface area contributed by atoms with E-state index in [1.165, 1.54) is 34.6 Å². The minimum atomic E-state index is -3.65. The van der Waals surface area contributed by atoms with Crippen LogP contribution in [0.1, 0.15) is 24.3 Å². The molecule has 1 aromatic heterocycles. The zero-order valence-corrected chi connectivity index (χ0v) is 15.2. The van der Waals surface area contributed by atoms with E-state index in [9.17, 15) is 18.0 Å². The van der Waals surface area contributed by atoms with Gasteiger partial charge in [-0.3, -0.25) is 9.78 Å². The third kappa shape index (κ3) is 4.44. The summed E-state index contributed by atoms with van der Waals surface area (Å²) in [6.45, 7) is 4.17. The number of hydrogen-bond donors (Lipinski definition) is 2. The van der Waals surface area contributed by atoms with Crippen LogP contribution in [0.4, 0.5) is 5.69 Å². The first-order chi connectivity index (χ1) is 11.8. The van der Waals surface area contributed by atoms with Crippen LogP contribution in [0.2, 0.25) is 5.15 Å². The second kappa shape index (κ2) is 7.77. The number of nitrogens with zero attached hydrogens (tertiary/aromatic N) is 2. The molecule has 0 aliphatic heterocycles. The van der Waals surface area contributed by atoms with Gasteiger partial charge in [0.05, 0.1) is 4.90 Å². The maximum absolute atomic E-state index is 12.5. The van der Waals surface area contributed by atoms with E-state index in [-0.39, 0.29) is 21.4 Å². The van der Waals surface area contributed by atoms with Gasteiger partial charge in [0.1, 0.15) is 10.8 Å². The van der Waals surface area contributed by atoms with E-state index in [2.05, 4.69) is 15.3 Å². The Morgan fingerprint density at radius 1 is 1.28 bits per heavy atom. The molecule has 0 saturated heterocycles. The lowest BCUT2D eigenvalue weighted by molar-refractivity contribution is 0.102. The number of halogens is 1. The Kier molecular flexibility index (Phi) is 5.93. The highest BCUT2D eigenvalue weighted by atomic mass is 35.5. The Morgan fingerprint density at radius 3 is 2.56 bits per heavy atom. The lowest BCUT2D eigenvalue weighted by Gasteiger charge is -2.18. The SMILES string of the molecule is CCN(CC)S(=O)(=O)c1cccc(NC(=O)c2cc(Cl)[nH]c(=O)n2)c1. The lowest BCUT2D eigenvalue weighted by Crippen LogP contribution is -2.30. The van der Waals surface area contributed by atoms with Crippen molar-refractivity contribution in [1.29, 1.82) is 0 Å². The number of sulfonamides is 1. The number of aromatic amines is 1. The van der Waals surface area contributed by atoms with Gasteiger partial charge in [-0.15, -0.1) is 0 Å². The van der Waals surface area contributed by atoms with Crippen LogP contribution in [0.3, 0.4) is 0 Å². The van der Waals surface area contributed by atoms with E-state index in [1.807, 2.05) is 0 Å². The van der Waals surface area contributed by atoms with Crippen LogP contribution in [0.15, 0.2) is 40.0 Å². The number of anilines is 1. The van der Waals surface area contributed by atoms with Crippen molar-refractivity contribution >= 4 is 33.2 Å². The standard InChI is InChI=1S/C15H17ClN4O4S/c1-3-20(4-2)25(23,24)11-7-5-6-10(8-11)17-14(21)12-9-13(16)19-15(22)18-12/h5-9H,3-4H2,1-2H3,(H,17,21)(H,18,19,22). The largest absolute Gasteiger partial charge is 0.346 e. The summed E-state index contributed by atoms with van der Waals surface area (Å²) < 4.78 is 26.4. The number of carbonyl (C=O) groups is 1. The molecule has 134 valence electrons. The fraction of sp³-hybridized carbons (Fsp3) is 0.267. The predicted octanol–water partition coefficient (Wildman–Crippen LogP) is 1.71. The van der Waals surface area contributed by atoms with E-state index in [4.69, 9.17) is 11.6 Å². The van der Waals surface area contributed by atoms with Crippen molar-refractivity contribution in [2.45, 2.75) is 18.7 Å². The second-order valence-electron chi connectivity index (χ2n) is 4.99. The van der Waals surface area contributed by atoms with E-state index in [1.54, 1.807) is 13.8 Å². The molecule has 0 atom stereocenters. The molecule has 2 rings (SSSR count). The van der Waals surface area contributed by atoms with E-state index in [0.717, 1.165) is 0 Å². The number of H-pyrrole nitrogens is 1. The maximum atomic E-state index is 12.5. The fourth-order valence-electron chi connectivity index (χ4n) is 2.19. The third-order valence-corrected chi connectivity index (χ3v) is 5.63. The highest BCUT2D eigenvalue weighted by Crippen LogP contribution is 2.20. The highest BCUT2D eigenvalue weighted by molar-refractivity contribution is 7.89. The van der Waals surface area contributed by atoms with Crippen LogP contribution < -0.4 is 11.0 Å². The predicted molar refractivity (Wildman–Crippen MR) is 94.4 cm³/mol. The molecule has 0 aliphatic carbocycles. The van der Waals surface area contributed by atoms with Crippen LogP contribution >= 0.6 is 11.6 Å². The summed E-state index contributed by atoms with van der Waals surface area (Å²) in [7, 11) is -3.65. The molecule has 0 saturated carbocycles. The van der Waals surface area contributed by atoms with Gasteiger partial charge >= 0.3 is 5.69 Å². The molecule has 0 radical (unpaired) electrons. The molecule has 1 aromatic carbocycles. The van der Waals surface area contributed by atoms with Crippen molar-refractivity contribution in [2.75, 3.05) is 18.4 Å². The minimum absolute atomic E-state index is 0.0250. The van der Waals surface area contributed by atoms with Gasteiger partial charge in [-0.2, -0.15) is 9.29 Å². The molecular formula is C15H17ClN4O4S. The van der Waals surface area contributed by atoms with Gasteiger partial charge in [0.25, 0.3) is 5.91 Å². The molecule has 0 fully saturated rings. The first-order valence-corrected chi connectivity index (χ1v) is 9.28. The molecule has 0 spiro atoms. The first-order valence-electron chi connectivity index (χ1n) is 7.46. The summed E-state index contributed by atoms with van der Waals surface area (Å²) in [4.78, 5) is 29.3. The molecule has 0 bridgehead atoms. The highest BCUT2D eigenvalue weighted by Gasteiger charge is 2.22. The number of hydrogen-bond acceptors (Lipinski definition) is 5. The number of amides is 1. The summed E-state index contributed by atoms with van der Waals surface area (Å²) in [5.74, 6) is -0.676. The summed E-state index contributed by atoms with van der Waals surface area (Å²) in [5, 5.41) is 2.48. The number of aromatic nitrogens is 2. The number of nitrogens with one attached hydrogen (secondary N) is 2. The Balaban J connectivity index is 2.30. The maximum Gasteiger partial charge on any atom is 0.346 e. The number of benzene rings is 1. The molecule has 25 heavy (non-hydrogen) atoms. The van der Waals surface area contributed by atoms with Crippen molar-refractivity contribution in [2.24, 2.45) is 0 Å².